The molecule has 8 aromatic carbocycles. The van der Waals surface area contributed by atoms with Gasteiger partial charge in [0, 0.05) is 43.7 Å². The summed E-state index contributed by atoms with van der Waals surface area (Å²) in [5.74, 6) is 0. The molecule has 0 amide bonds. The smallest absolute Gasteiger partial charge is 0.136 e. The third-order valence-electron chi connectivity index (χ3n) is 11.3. The highest BCUT2D eigenvalue weighted by molar-refractivity contribution is 6.19. The fourth-order valence-electron chi connectivity index (χ4n) is 8.92. The lowest BCUT2D eigenvalue weighted by Crippen LogP contribution is -2.11. The number of pyridine rings is 1. The number of hydrogen-bond donors (Lipinski definition) is 0. The largest absolute Gasteiger partial charge is 0.456 e. The predicted molar refractivity (Wildman–Crippen MR) is 228 cm³/mol. The number of fused-ring (bicyclic) bond motifs is 13. The Morgan fingerprint density at radius 2 is 1.15 bits per heavy atom. The lowest BCUT2D eigenvalue weighted by molar-refractivity contribution is 0.669. The van der Waals surface area contributed by atoms with Crippen molar-refractivity contribution in [2.24, 2.45) is 0 Å². The molecule has 12 rings (SSSR count). The topological polar surface area (TPSA) is 34.2 Å². The van der Waals surface area contributed by atoms with E-state index in [1.54, 1.807) is 0 Å². The van der Waals surface area contributed by atoms with E-state index in [1.165, 1.54) is 38.6 Å². The molecule has 4 heteroatoms. The Bertz CT molecular complexity index is 3340. The Morgan fingerprint density at radius 3 is 2.07 bits per heavy atom. The molecule has 0 saturated carbocycles. The van der Waals surface area contributed by atoms with Crippen molar-refractivity contribution in [3.8, 4) is 39.1 Å². The fourth-order valence-corrected chi connectivity index (χ4v) is 8.92. The number of para-hydroxylation sites is 4. The normalized spacial score (nSPS) is 12.3. The molecular weight excluding hydrogens is 671 g/mol. The van der Waals surface area contributed by atoms with Crippen LogP contribution in [0.15, 0.2) is 193 Å². The molecule has 4 heterocycles. The second-order valence-corrected chi connectivity index (χ2v) is 14.4. The van der Waals surface area contributed by atoms with Gasteiger partial charge in [0.2, 0.25) is 0 Å². The van der Waals surface area contributed by atoms with Crippen molar-refractivity contribution in [3.05, 3.63) is 188 Å². The maximum atomic E-state index is 6.46. The van der Waals surface area contributed by atoms with Gasteiger partial charge in [-0.3, -0.25) is 4.98 Å². The molecule has 0 bridgehead atoms. The minimum atomic E-state index is 0.890. The first kappa shape index (κ1) is 30.1. The van der Waals surface area contributed by atoms with Gasteiger partial charge in [0.1, 0.15) is 11.2 Å². The van der Waals surface area contributed by atoms with E-state index in [0.29, 0.717) is 0 Å². The highest BCUT2D eigenvalue weighted by Crippen LogP contribution is 2.54. The molecule has 0 radical (unpaired) electrons. The molecule has 3 aromatic heterocycles. The molecule has 11 aromatic rings. The molecule has 4 nitrogen and oxygen atoms in total. The standard InChI is InChI=1S/C51H31N3O/c1-2-13-35(14-3-1)53-45-24-22-32(29-41(45)37-15-5-6-17-39(37)50-47(53)26-27-49-51(50)40-18-8-11-21-48(40)55-49)33-23-25-46-42(30-33)38-16-7-10-20-44(38)54(46)36-28-34-12-4-9-19-43(34)52-31-36/h1-31H. The Balaban J connectivity index is 1.09. The summed E-state index contributed by atoms with van der Waals surface area (Å²) < 4.78 is 8.80. The fraction of sp³-hybridized carbons (Fsp3) is 0. The summed E-state index contributed by atoms with van der Waals surface area (Å²) in [5.41, 5.74) is 16.6. The Kier molecular flexibility index (Phi) is 6.31. The zero-order chi connectivity index (χ0) is 36.0. The molecule has 0 unspecified atom stereocenters. The predicted octanol–water partition coefficient (Wildman–Crippen LogP) is 14.0. The van der Waals surface area contributed by atoms with Gasteiger partial charge in [0.05, 0.1) is 39.8 Å². The van der Waals surface area contributed by atoms with Crippen LogP contribution < -0.4 is 4.90 Å². The lowest BCUT2D eigenvalue weighted by Gasteiger charge is -2.27. The van der Waals surface area contributed by atoms with Crippen molar-refractivity contribution in [2.75, 3.05) is 4.90 Å². The van der Waals surface area contributed by atoms with Crippen LogP contribution in [0.1, 0.15) is 0 Å². The van der Waals surface area contributed by atoms with Crippen molar-refractivity contribution in [1.29, 1.82) is 0 Å². The van der Waals surface area contributed by atoms with Crippen molar-refractivity contribution >= 4 is 71.7 Å². The van der Waals surface area contributed by atoms with Gasteiger partial charge < -0.3 is 13.9 Å². The number of anilines is 3. The molecule has 1 aliphatic rings. The Hall–Kier alpha value is -7.43. The number of aromatic nitrogens is 2. The van der Waals surface area contributed by atoms with E-state index in [0.717, 1.165) is 72.2 Å². The summed E-state index contributed by atoms with van der Waals surface area (Å²) in [6.45, 7) is 0. The molecule has 0 N–H and O–H groups in total. The van der Waals surface area contributed by atoms with E-state index in [2.05, 4.69) is 179 Å². The van der Waals surface area contributed by atoms with Crippen LogP contribution in [0.25, 0.3) is 93.7 Å². The molecule has 55 heavy (non-hydrogen) atoms. The molecule has 256 valence electrons. The number of rotatable bonds is 3. The van der Waals surface area contributed by atoms with Gasteiger partial charge in [0.25, 0.3) is 0 Å². The van der Waals surface area contributed by atoms with E-state index in [9.17, 15) is 0 Å². The highest BCUT2D eigenvalue weighted by Gasteiger charge is 2.29. The van der Waals surface area contributed by atoms with Crippen molar-refractivity contribution in [3.63, 3.8) is 0 Å². The highest BCUT2D eigenvalue weighted by atomic mass is 16.3. The summed E-state index contributed by atoms with van der Waals surface area (Å²) in [4.78, 5) is 7.25. The third kappa shape index (κ3) is 4.43. The van der Waals surface area contributed by atoms with Crippen LogP contribution in [-0.2, 0) is 0 Å². The number of furan rings is 1. The zero-order valence-corrected chi connectivity index (χ0v) is 29.6. The lowest BCUT2D eigenvalue weighted by atomic mass is 9.90. The van der Waals surface area contributed by atoms with Crippen LogP contribution in [0.3, 0.4) is 0 Å². The first-order valence-electron chi connectivity index (χ1n) is 18.7. The molecule has 0 aliphatic carbocycles. The van der Waals surface area contributed by atoms with Gasteiger partial charge in [-0.2, -0.15) is 0 Å². The van der Waals surface area contributed by atoms with Crippen LogP contribution in [0.4, 0.5) is 17.1 Å². The van der Waals surface area contributed by atoms with Gasteiger partial charge >= 0.3 is 0 Å². The maximum absolute atomic E-state index is 6.46. The molecular formula is C51H31N3O. The Labute approximate surface area is 316 Å². The molecule has 0 atom stereocenters. The third-order valence-corrected chi connectivity index (χ3v) is 11.3. The monoisotopic (exact) mass is 701 g/mol. The van der Waals surface area contributed by atoms with Gasteiger partial charge in [-0.15, -0.1) is 0 Å². The summed E-state index contributed by atoms with van der Waals surface area (Å²) >= 11 is 0. The molecule has 0 fully saturated rings. The minimum Gasteiger partial charge on any atom is -0.456 e. The van der Waals surface area contributed by atoms with Crippen molar-refractivity contribution < 1.29 is 4.42 Å². The number of hydrogen-bond acceptors (Lipinski definition) is 3. The summed E-state index contributed by atoms with van der Waals surface area (Å²) in [5, 5.41) is 5.81. The summed E-state index contributed by atoms with van der Waals surface area (Å²) in [7, 11) is 0. The first-order valence-corrected chi connectivity index (χ1v) is 18.7. The number of nitrogens with zero attached hydrogens (tertiary/aromatic N) is 3. The van der Waals surface area contributed by atoms with Crippen LogP contribution in [0, 0.1) is 0 Å². The average Bonchev–Trinajstić information content (AvgIpc) is 3.76. The van der Waals surface area contributed by atoms with Crippen LogP contribution >= 0.6 is 0 Å². The average molecular weight is 702 g/mol. The summed E-state index contributed by atoms with van der Waals surface area (Å²) in [6, 6.07) is 65.4. The summed E-state index contributed by atoms with van der Waals surface area (Å²) in [6.07, 6.45) is 1.99. The van der Waals surface area contributed by atoms with Crippen molar-refractivity contribution in [2.45, 2.75) is 0 Å². The first-order chi connectivity index (χ1) is 27.3. The molecule has 0 saturated heterocycles. The van der Waals surface area contributed by atoms with E-state index < -0.39 is 0 Å². The second kappa shape index (κ2) is 11.5. The Morgan fingerprint density at radius 1 is 0.436 bits per heavy atom. The van der Waals surface area contributed by atoms with Gasteiger partial charge in [0.15, 0.2) is 0 Å². The SMILES string of the molecule is c1ccc(N2c3ccc(-c4ccc5c(c4)c4ccccc4n5-c4cnc5ccccc5c4)cc3-c3ccccc3-c3c2ccc2oc4ccccc4c32)cc1. The van der Waals surface area contributed by atoms with Gasteiger partial charge in [-0.05, 0) is 95.1 Å². The second-order valence-electron chi connectivity index (χ2n) is 14.4. The molecule has 1 aliphatic heterocycles. The van der Waals surface area contributed by atoms with Crippen LogP contribution in [0.2, 0.25) is 0 Å². The van der Waals surface area contributed by atoms with E-state index >= 15 is 0 Å². The maximum Gasteiger partial charge on any atom is 0.136 e. The van der Waals surface area contributed by atoms with E-state index in [4.69, 9.17) is 9.40 Å². The number of benzene rings is 8. The minimum absolute atomic E-state index is 0.890. The van der Waals surface area contributed by atoms with Crippen molar-refractivity contribution in [1.82, 2.24) is 9.55 Å². The van der Waals surface area contributed by atoms with Crippen LogP contribution in [-0.4, -0.2) is 9.55 Å². The van der Waals surface area contributed by atoms with Gasteiger partial charge in [-0.25, -0.2) is 0 Å². The zero-order valence-electron chi connectivity index (χ0n) is 29.6. The van der Waals surface area contributed by atoms with E-state index in [1.807, 2.05) is 18.3 Å². The molecule has 0 spiro atoms. The quantitative estimate of drug-likeness (QED) is 0.184. The van der Waals surface area contributed by atoms with Crippen LogP contribution in [0.5, 0.6) is 0 Å². The van der Waals surface area contributed by atoms with E-state index in [-0.39, 0.29) is 0 Å². The van der Waals surface area contributed by atoms with Gasteiger partial charge in [-0.1, -0.05) is 109 Å².